The molecule has 2 aliphatic heterocycles. The molecule has 1 aromatic carbocycles. The molecular formula is C19H28BrN5O2. The van der Waals surface area contributed by atoms with Crippen molar-refractivity contribution in [3.8, 4) is 0 Å². The predicted molar refractivity (Wildman–Crippen MR) is 111 cm³/mol. The van der Waals surface area contributed by atoms with Crippen LogP contribution >= 0.6 is 15.9 Å². The Hall–Kier alpha value is -1.64. The van der Waals surface area contributed by atoms with Gasteiger partial charge in [0, 0.05) is 62.4 Å². The third-order valence-corrected chi connectivity index (χ3v) is 5.53. The quantitative estimate of drug-likeness (QED) is 0.542. The molecule has 2 aliphatic rings. The lowest BCUT2D eigenvalue weighted by atomic mass is 10.2. The zero-order chi connectivity index (χ0) is 19.1. The van der Waals surface area contributed by atoms with E-state index >= 15 is 0 Å². The van der Waals surface area contributed by atoms with E-state index in [1.54, 1.807) is 7.05 Å². The van der Waals surface area contributed by atoms with Crippen molar-refractivity contribution < 1.29 is 9.53 Å². The number of guanidine groups is 1. The van der Waals surface area contributed by atoms with E-state index in [0.29, 0.717) is 19.0 Å². The van der Waals surface area contributed by atoms with Gasteiger partial charge in [-0.2, -0.15) is 0 Å². The number of nitrogens with zero attached hydrogens (tertiary/aromatic N) is 3. The molecule has 1 unspecified atom stereocenters. The SMILES string of the molecule is CN=C(NCCC(=O)Nc1ccc(Br)cc1)N1CCC(N2CCOCC2)C1. The highest BCUT2D eigenvalue weighted by atomic mass is 79.9. The van der Waals surface area contributed by atoms with Crippen molar-refractivity contribution >= 4 is 33.5 Å². The summed E-state index contributed by atoms with van der Waals surface area (Å²) in [5.41, 5.74) is 0.806. The number of benzene rings is 1. The van der Waals surface area contributed by atoms with Gasteiger partial charge < -0.3 is 20.3 Å². The van der Waals surface area contributed by atoms with Crippen LogP contribution in [0, 0.1) is 0 Å². The van der Waals surface area contributed by atoms with Crippen LogP contribution in [0.3, 0.4) is 0 Å². The molecule has 7 nitrogen and oxygen atoms in total. The maximum Gasteiger partial charge on any atom is 0.226 e. The van der Waals surface area contributed by atoms with E-state index in [-0.39, 0.29) is 5.91 Å². The van der Waals surface area contributed by atoms with Gasteiger partial charge in [0.1, 0.15) is 0 Å². The molecule has 2 N–H and O–H groups in total. The molecule has 0 spiro atoms. The summed E-state index contributed by atoms with van der Waals surface area (Å²) >= 11 is 3.39. The molecule has 0 bridgehead atoms. The Balaban J connectivity index is 1.40. The highest BCUT2D eigenvalue weighted by molar-refractivity contribution is 9.10. The molecule has 0 aliphatic carbocycles. The Morgan fingerprint density at radius 2 is 2.00 bits per heavy atom. The normalized spacial score (nSPS) is 21.3. The maximum atomic E-state index is 12.1. The molecule has 27 heavy (non-hydrogen) atoms. The molecule has 1 amide bonds. The number of halogens is 1. The van der Waals surface area contributed by atoms with Crippen LogP contribution < -0.4 is 10.6 Å². The Morgan fingerprint density at radius 3 is 2.70 bits per heavy atom. The van der Waals surface area contributed by atoms with Crippen LogP contribution in [0.25, 0.3) is 0 Å². The fraction of sp³-hybridized carbons (Fsp3) is 0.579. The van der Waals surface area contributed by atoms with Crippen LogP contribution in [0.4, 0.5) is 5.69 Å². The van der Waals surface area contributed by atoms with E-state index < -0.39 is 0 Å². The minimum absolute atomic E-state index is 0.00658. The molecule has 1 aromatic rings. The largest absolute Gasteiger partial charge is 0.379 e. The second-order valence-corrected chi connectivity index (χ2v) is 7.73. The fourth-order valence-electron chi connectivity index (χ4n) is 3.55. The Morgan fingerprint density at radius 1 is 1.26 bits per heavy atom. The molecule has 0 saturated carbocycles. The fourth-order valence-corrected chi connectivity index (χ4v) is 3.82. The first-order valence-electron chi connectivity index (χ1n) is 9.48. The van der Waals surface area contributed by atoms with Gasteiger partial charge in [0.15, 0.2) is 5.96 Å². The van der Waals surface area contributed by atoms with Gasteiger partial charge in [-0.15, -0.1) is 0 Å². The number of ether oxygens (including phenoxy) is 1. The zero-order valence-corrected chi connectivity index (χ0v) is 17.4. The van der Waals surface area contributed by atoms with Crippen molar-refractivity contribution in [1.82, 2.24) is 15.1 Å². The van der Waals surface area contributed by atoms with E-state index in [9.17, 15) is 4.79 Å². The van der Waals surface area contributed by atoms with Crippen LogP contribution in [-0.2, 0) is 9.53 Å². The third-order valence-electron chi connectivity index (χ3n) is 5.00. The number of anilines is 1. The smallest absolute Gasteiger partial charge is 0.226 e. The second kappa shape index (κ2) is 10.1. The van der Waals surface area contributed by atoms with Gasteiger partial charge in [-0.25, -0.2) is 0 Å². The predicted octanol–water partition coefficient (Wildman–Crippen LogP) is 1.76. The van der Waals surface area contributed by atoms with Gasteiger partial charge in [-0.3, -0.25) is 14.7 Å². The summed E-state index contributed by atoms with van der Waals surface area (Å²) < 4.78 is 6.44. The number of rotatable bonds is 5. The van der Waals surface area contributed by atoms with E-state index in [1.165, 1.54) is 0 Å². The highest BCUT2D eigenvalue weighted by Gasteiger charge is 2.30. The molecule has 0 aromatic heterocycles. The molecule has 2 heterocycles. The minimum Gasteiger partial charge on any atom is -0.379 e. The maximum absolute atomic E-state index is 12.1. The number of hydrogen-bond donors (Lipinski definition) is 2. The Bertz CT molecular complexity index is 646. The molecule has 8 heteroatoms. The summed E-state index contributed by atoms with van der Waals surface area (Å²) in [5.74, 6) is 0.870. The van der Waals surface area contributed by atoms with Gasteiger partial charge in [0.05, 0.1) is 13.2 Å². The molecule has 3 rings (SSSR count). The highest BCUT2D eigenvalue weighted by Crippen LogP contribution is 2.17. The van der Waals surface area contributed by atoms with Gasteiger partial charge in [0.2, 0.25) is 5.91 Å². The topological polar surface area (TPSA) is 69.2 Å². The molecule has 0 radical (unpaired) electrons. The Labute approximate surface area is 169 Å². The van der Waals surface area contributed by atoms with Crippen molar-refractivity contribution in [2.75, 3.05) is 58.3 Å². The summed E-state index contributed by atoms with van der Waals surface area (Å²) in [6.07, 6.45) is 1.54. The molecule has 2 saturated heterocycles. The van der Waals surface area contributed by atoms with E-state index in [4.69, 9.17) is 4.74 Å². The van der Waals surface area contributed by atoms with E-state index in [1.807, 2.05) is 24.3 Å². The lowest BCUT2D eigenvalue weighted by Crippen LogP contribution is -2.47. The molecule has 1 atom stereocenters. The van der Waals surface area contributed by atoms with E-state index in [2.05, 4.69) is 41.4 Å². The average Bonchev–Trinajstić information content (AvgIpc) is 3.18. The second-order valence-electron chi connectivity index (χ2n) is 6.82. The summed E-state index contributed by atoms with van der Waals surface area (Å²) in [7, 11) is 1.80. The molecular weight excluding hydrogens is 410 g/mol. The number of hydrogen-bond acceptors (Lipinski definition) is 4. The van der Waals surface area contributed by atoms with Crippen molar-refractivity contribution in [3.63, 3.8) is 0 Å². The number of likely N-dealkylation sites (tertiary alicyclic amines) is 1. The van der Waals surface area contributed by atoms with Crippen LogP contribution in [0.15, 0.2) is 33.7 Å². The summed E-state index contributed by atoms with van der Waals surface area (Å²) in [6, 6.07) is 8.14. The summed E-state index contributed by atoms with van der Waals surface area (Å²) in [6.45, 7) is 6.22. The van der Waals surface area contributed by atoms with Crippen molar-refractivity contribution in [2.24, 2.45) is 4.99 Å². The lowest BCUT2D eigenvalue weighted by Gasteiger charge is -2.32. The molecule has 148 valence electrons. The summed E-state index contributed by atoms with van der Waals surface area (Å²) in [5, 5.41) is 6.23. The number of amides is 1. The summed E-state index contributed by atoms with van der Waals surface area (Å²) in [4.78, 5) is 21.3. The Kier molecular flexibility index (Phi) is 7.49. The lowest BCUT2D eigenvalue weighted by molar-refractivity contribution is -0.116. The van der Waals surface area contributed by atoms with Crippen LogP contribution in [0.1, 0.15) is 12.8 Å². The van der Waals surface area contributed by atoms with Crippen molar-refractivity contribution in [1.29, 1.82) is 0 Å². The average molecular weight is 438 g/mol. The van der Waals surface area contributed by atoms with Crippen LogP contribution in [-0.4, -0.2) is 80.7 Å². The first kappa shape index (κ1) is 20.1. The van der Waals surface area contributed by atoms with Crippen molar-refractivity contribution in [2.45, 2.75) is 18.9 Å². The van der Waals surface area contributed by atoms with Gasteiger partial charge in [-0.1, -0.05) is 15.9 Å². The number of carbonyl (C=O) groups excluding carboxylic acids is 1. The van der Waals surface area contributed by atoms with Crippen molar-refractivity contribution in [3.05, 3.63) is 28.7 Å². The zero-order valence-electron chi connectivity index (χ0n) is 15.8. The minimum atomic E-state index is -0.00658. The molecule has 2 fully saturated rings. The van der Waals surface area contributed by atoms with Gasteiger partial charge >= 0.3 is 0 Å². The standard InChI is InChI=1S/C19H28BrN5O2/c1-21-19(25-9-7-17(14-25)24-10-12-27-13-11-24)22-8-6-18(26)23-16-4-2-15(20)3-5-16/h2-5,17H,6-14H2,1H3,(H,21,22)(H,23,26). The van der Waals surface area contributed by atoms with Crippen LogP contribution in [0.5, 0.6) is 0 Å². The van der Waals surface area contributed by atoms with Gasteiger partial charge in [-0.05, 0) is 30.7 Å². The van der Waals surface area contributed by atoms with Gasteiger partial charge in [0.25, 0.3) is 0 Å². The number of carbonyl (C=O) groups is 1. The monoisotopic (exact) mass is 437 g/mol. The number of aliphatic imine (C=N–C) groups is 1. The number of nitrogens with one attached hydrogen (secondary N) is 2. The first-order valence-corrected chi connectivity index (χ1v) is 10.3. The third kappa shape index (κ3) is 5.92. The van der Waals surface area contributed by atoms with Crippen LogP contribution in [0.2, 0.25) is 0 Å². The first-order chi connectivity index (χ1) is 13.2. The number of morpholine rings is 1. The van der Waals surface area contributed by atoms with E-state index in [0.717, 1.165) is 61.9 Å².